The number of imide groups is 1. The number of hydrogen-bond acceptors (Lipinski definition) is 5. The molecule has 3 rings (SSSR count). The normalized spacial score (nSPS) is 10.1. The number of carbonyl (C=O) groups excluding carboxylic acids is 3. The van der Waals surface area contributed by atoms with E-state index in [-0.39, 0.29) is 18.9 Å². The van der Waals surface area contributed by atoms with E-state index < -0.39 is 11.9 Å². The maximum absolute atomic E-state index is 12.3. The second-order valence-electron chi connectivity index (χ2n) is 5.82. The molecular weight excluding hydrogens is 360 g/mol. The third-order valence-electron chi connectivity index (χ3n) is 3.78. The molecule has 0 unspecified atom stereocenters. The Hall–Kier alpha value is -3.87. The van der Waals surface area contributed by atoms with Crippen molar-refractivity contribution in [2.45, 2.75) is 6.54 Å². The number of ether oxygens (including phenoxy) is 1. The van der Waals surface area contributed by atoms with Gasteiger partial charge < -0.3 is 14.5 Å². The summed E-state index contributed by atoms with van der Waals surface area (Å²) in [5, 5.41) is 4.65. The predicted octanol–water partition coefficient (Wildman–Crippen LogP) is 2.92. The van der Waals surface area contributed by atoms with Crippen LogP contribution in [0.3, 0.4) is 0 Å². The lowest BCUT2D eigenvalue weighted by molar-refractivity contribution is -0.122. The van der Waals surface area contributed by atoms with Crippen molar-refractivity contribution in [3.05, 3.63) is 89.9 Å². The number of benzene rings is 2. The minimum atomic E-state index is -0.645. The molecule has 0 aliphatic carbocycles. The first-order valence-electron chi connectivity index (χ1n) is 8.54. The molecule has 28 heavy (non-hydrogen) atoms. The van der Waals surface area contributed by atoms with Crippen molar-refractivity contribution in [1.82, 2.24) is 10.6 Å². The Morgan fingerprint density at radius 3 is 2.25 bits per heavy atom. The number of hydrogen-bond donors (Lipinski definition) is 2. The zero-order valence-electron chi connectivity index (χ0n) is 14.9. The summed E-state index contributed by atoms with van der Waals surface area (Å²) in [7, 11) is 0. The van der Waals surface area contributed by atoms with E-state index in [1.54, 1.807) is 60.7 Å². The molecular formula is C21H18N2O5. The Kier molecular flexibility index (Phi) is 6.20. The van der Waals surface area contributed by atoms with Crippen LogP contribution in [0.1, 0.15) is 21.7 Å². The SMILES string of the molecule is O=C(COc1ccc(C(=O)c2ccccc2)cc1)NC(=O)NCc1ccco1. The molecule has 7 nitrogen and oxygen atoms in total. The number of carbonyl (C=O) groups is 3. The topological polar surface area (TPSA) is 97.6 Å². The molecule has 1 aromatic heterocycles. The molecule has 0 aliphatic heterocycles. The summed E-state index contributed by atoms with van der Waals surface area (Å²) in [5.74, 6) is 0.291. The Balaban J connectivity index is 1.44. The smallest absolute Gasteiger partial charge is 0.321 e. The fourth-order valence-corrected chi connectivity index (χ4v) is 2.40. The average Bonchev–Trinajstić information content (AvgIpc) is 3.25. The van der Waals surface area contributed by atoms with Crippen molar-refractivity contribution in [3.63, 3.8) is 0 Å². The van der Waals surface area contributed by atoms with Crippen LogP contribution < -0.4 is 15.4 Å². The lowest BCUT2D eigenvalue weighted by Crippen LogP contribution is -2.41. The molecule has 0 radical (unpaired) electrons. The summed E-state index contributed by atoms with van der Waals surface area (Å²) in [6.07, 6.45) is 1.49. The van der Waals surface area contributed by atoms with Crippen LogP contribution in [0.15, 0.2) is 77.4 Å². The molecule has 0 aliphatic rings. The van der Waals surface area contributed by atoms with Crippen molar-refractivity contribution in [3.8, 4) is 5.75 Å². The van der Waals surface area contributed by atoms with Gasteiger partial charge in [-0.1, -0.05) is 30.3 Å². The van der Waals surface area contributed by atoms with E-state index in [0.29, 0.717) is 22.6 Å². The monoisotopic (exact) mass is 378 g/mol. The molecule has 0 bridgehead atoms. The Labute approximate surface area is 161 Å². The highest BCUT2D eigenvalue weighted by molar-refractivity contribution is 6.09. The molecule has 2 aromatic carbocycles. The molecule has 2 N–H and O–H groups in total. The van der Waals surface area contributed by atoms with Gasteiger partial charge in [-0.3, -0.25) is 14.9 Å². The van der Waals surface area contributed by atoms with Gasteiger partial charge in [-0.25, -0.2) is 4.79 Å². The van der Waals surface area contributed by atoms with Gasteiger partial charge in [-0.2, -0.15) is 0 Å². The molecule has 0 fully saturated rings. The largest absolute Gasteiger partial charge is 0.484 e. The van der Waals surface area contributed by atoms with Gasteiger partial charge in [0.1, 0.15) is 11.5 Å². The fourth-order valence-electron chi connectivity index (χ4n) is 2.40. The minimum absolute atomic E-state index is 0.0990. The Morgan fingerprint density at radius 1 is 0.857 bits per heavy atom. The van der Waals surface area contributed by atoms with Gasteiger partial charge >= 0.3 is 6.03 Å². The molecule has 3 amide bonds. The summed E-state index contributed by atoms with van der Waals surface area (Å²) in [5.41, 5.74) is 1.11. The molecule has 3 aromatic rings. The Morgan fingerprint density at radius 2 is 1.57 bits per heavy atom. The van der Waals surface area contributed by atoms with Crippen LogP contribution in [-0.2, 0) is 11.3 Å². The molecule has 7 heteroatoms. The van der Waals surface area contributed by atoms with Crippen LogP contribution in [0.5, 0.6) is 5.75 Å². The van der Waals surface area contributed by atoms with Gasteiger partial charge in [0.2, 0.25) is 0 Å². The fraction of sp³-hybridized carbons (Fsp3) is 0.0952. The van der Waals surface area contributed by atoms with E-state index in [2.05, 4.69) is 10.6 Å². The number of urea groups is 1. The maximum Gasteiger partial charge on any atom is 0.321 e. The summed E-state index contributed by atoms with van der Waals surface area (Å²) in [6.45, 7) is -0.163. The quantitative estimate of drug-likeness (QED) is 0.616. The van der Waals surface area contributed by atoms with E-state index in [0.717, 1.165) is 0 Å². The Bertz CT molecular complexity index is 935. The second-order valence-corrected chi connectivity index (χ2v) is 5.82. The molecule has 0 saturated heterocycles. The average molecular weight is 378 g/mol. The first kappa shape index (κ1) is 18.9. The van der Waals surface area contributed by atoms with Crippen molar-refractivity contribution >= 4 is 17.7 Å². The molecule has 0 saturated carbocycles. The van der Waals surface area contributed by atoms with Gasteiger partial charge in [-0.15, -0.1) is 0 Å². The zero-order chi connectivity index (χ0) is 19.8. The van der Waals surface area contributed by atoms with Crippen molar-refractivity contribution in [2.24, 2.45) is 0 Å². The molecule has 0 atom stereocenters. The number of ketones is 1. The third kappa shape index (κ3) is 5.31. The van der Waals surface area contributed by atoms with Gasteiger partial charge in [0.15, 0.2) is 12.4 Å². The standard InChI is InChI=1S/C21H18N2O5/c24-19(23-21(26)22-13-18-7-4-12-27-18)14-28-17-10-8-16(9-11-17)20(25)15-5-2-1-3-6-15/h1-12H,13-14H2,(H2,22,23,24,26). The van der Waals surface area contributed by atoms with Gasteiger partial charge in [-0.05, 0) is 36.4 Å². The second kappa shape index (κ2) is 9.18. The number of nitrogens with one attached hydrogen (secondary N) is 2. The number of amides is 3. The highest BCUT2D eigenvalue weighted by atomic mass is 16.5. The summed E-state index contributed by atoms with van der Waals surface area (Å²) >= 11 is 0. The zero-order valence-corrected chi connectivity index (χ0v) is 14.9. The van der Waals surface area contributed by atoms with E-state index in [9.17, 15) is 14.4 Å². The first-order valence-corrected chi connectivity index (χ1v) is 8.54. The van der Waals surface area contributed by atoms with Gasteiger partial charge in [0.25, 0.3) is 5.91 Å². The highest BCUT2D eigenvalue weighted by Gasteiger charge is 2.11. The van der Waals surface area contributed by atoms with E-state index in [1.807, 2.05) is 6.07 Å². The van der Waals surface area contributed by atoms with Crippen LogP contribution >= 0.6 is 0 Å². The van der Waals surface area contributed by atoms with Crippen LogP contribution in [0.2, 0.25) is 0 Å². The summed E-state index contributed by atoms with van der Waals surface area (Å²) < 4.78 is 10.4. The maximum atomic E-state index is 12.3. The first-order chi connectivity index (χ1) is 13.6. The van der Waals surface area contributed by atoms with Gasteiger partial charge in [0, 0.05) is 11.1 Å². The molecule has 142 valence electrons. The lowest BCUT2D eigenvalue weighted by Gasteiger charge is -2.08. The lowest BCUT2D eigenvalue weighted by atomic mass is 10.0. The van der Waals surface area contributed by atoms with Crippen molar-refractivity contribution in [1.29, 1.82) is 0 Å². The minimum Gasteiger partial charge on any atom is -0.484 e. The summed E-state index contributed by atoms with van der Waals surface area (Å²) in [6, 6.07) is 18.1. The highest BCUT2D eigenvalue weighted by Crippen LogP contribution is 2.15. The molecule has 1 heterocycles. The predicted molar refractivity (Wildman–Crippen MR) is 101 cm³/mol. The van der Waals surface area contributed by atoms with Crippen LogP contribution in [-0.4, -0.2) is 24.3 Å². The summed E-state index contributed by atoms with van der Waals surface area (Å²) in [4.78, 5) is 35.7. The third-order valence-corrected chi connectivity index (χ3v) is 3.78. The van der Waals surface area contributed by atoms with E-state index >= 15 is 0 Å². The van der Waals surface area contributed by atoms with Crippen LogP contribution in [0.25, 0.3) is 0 Å². The number of rotatable bonds is 7. The van der Waals surface area contributed by atoms with Crippen LogP contribution in [0, 0.1) is 0 Å². The van der Waals surface area contributed by atoms with Crippen molar-refractivity contribution in [2.75, 3.05) is 6.61 Å². The van der Waals surface area contributed by atoms with Crippen LogP contribution in [0.4, 0.5) is 4.79 Å². The van der Waals surface area contributed by atoms with E-state index in [4.69, 9.17) is 9.15 Å². The molecule has 0 spiro atoms. The van der Waals surface area contributed by atoms with Crippen molar-refractivity contribution < 1.29 is 23.5 Å². The number of furan rings is 1. The van der Waals surface area contributed by atoms with E-state index in [1.165, 1.54) is 6.26 Å². The van der Waals surface area contributed by atoms with Gasteiger partial charge in [0.05, 0.1) is 12.8 Å².